The van der Waals surface area contributed by atoms with Crippen LogP contribution in [0, 0.1) is 0 Å². The highest BCUT2D eigenvalue weighted by Gasteiger charge is 2.03. The number of rotatable bonds is 1. The zero-order valence-electron chi connectivity index (χ0n) is 4.84. The number of hydrogen-bond acceptors (Lipinski definition) is 4. The van der Waals surface area contributed by atoms with Crippen molar-refractivity contribution < 1.29 is 9.22 Å². The monoisotopic (exact) mass is 131 g/mol. The van der Waals surface area contributed by atoms with E-state index in [4.69, 9.17) is 0 Å². The molecule has 0 fully saturated rings. The van der Waals surface area contributed by atoms with Crippen LogP contribution in [0.5, 0.6) is 0 Å². The number of hydrazine groups is 1. The smallest absolute Gasteiger partial charge is 0.210 e. The molecular weight excluding hydrogens is 125 g/mol. The Morgan fingerprint density at radius 2 is 2.67 bits per heavy atom. The van der Waals surface area contributed by atoms with Gasteiger partial charge in [0.2, 0.25) is 5.88 Å². The third-order valence-corrected chi connectivity index (χ3v) is 0.816. The van der Waals surface area contributed by atoms with Crippen molar-refractivity contribution in [3.8, 4) is 0 Å². The van der Waals surface area contributed by atoms with Crippen LogP contribution in [-0.2, 0) is 4.74 Å². The summed E-state index contributed by atoms with van der Waals surface area (Å²) in [7, 11) is 1.44. The summed E-state index contributed by atoms with van der Waals surface area (Å²) in [6, 6.07) is 0. The fraction of sp³-hybridized carbons (Fsp3) is 0.250. The summed E-state index contributed by atoms with van der Waals surface area (Å²) in [5.41, 5.74) is 2.17. The molecular formula is C4H6FN3O. The molecule has 0 aromatic rings. The van der Waals surface area contributed by atoms with Crippen molar-refractivity contribution in [2.75, 3.05) is 7.11 Å². The number of ether oxygens (including phenoxy) is 1. The highest BCUT2D eigenvalue weighted by atomic mass is 19.2. The van der Waals surface area contributed by atoms with Crippen molar-refractivity contribution in [2.45, 2.75) is 0 Å². The summed E-state index contributed by atoms with van der Waals surface area (Å²) < 4.78 is 16.7. The molecule has 50 valence electrons. The number of hydrogen-bond donors (Lipinski definition) is 1. The summed E-state index contributed by atoms with van der Waals surface area (Å²) >= 11 is 0. The van der Waals surface area contributed by atoms with Gasteiger partial charge in [0.25, 0.3) is 0 Å². The topological polar surface area (TPSA) is 36.9 Å². The number of hydrazone groups is 1. The minimum atomic E-state index is 0.0683. The summed E-state index contributed by atoms with van der Waals surface area (Å²) in [5.74, 6) is 0.326. The van der Waals surface area contributed by atoms with Gasteiger partial charge < -0.3 is 4.74 Å². The van der Waals surface area contributed by atoms with Gasteiger partial charge in [-0.3, -0.25) is 0 Å². The molecule has 1 rings (SSSR count). The van der Waals surface area contributed by atoms with Gasteiger partial charge >= 0.3 is 0 Å². The lowest BCUT2D eigenvalue weighted by Gasteiger charge is -2.13. The molecule has 0 saturated carbocycles. The Hall–Kier alpha value is -1.26. The van der Waals surface area contributed by atoms with Gasteiger partial charge in [-0.25, -0.2) is 5.43 Å². The van der Waals surface area contributed by atoms with E-state index in [9.17, 15) is 4.48 Å². The van der Waals surface area contributed by atoms with E-state index in [0.717, 1.165) is 0 Å². The molecule has 0 radical (unpaired) electrons. The first-order valence-corrected chi connectivity index (χ1v) is 2.34. The van der Waals surface area contributed by atoms with Crippen LogP contribution < -0.4 is 5.43 Å². The van der Waals surface area contributed by atoms with Gasteiger partial charge in [0.05, 0.1) is 13.3 Å². The lowest BCUT2D eigenvalue weighted by atomic mass is 10.6. The molecule has 1 N–H and O–H groups in total. The lowest BCUT2D eigenvalue weighted by Crippen LogP contribution is -2.28. The number of allylic oxidation sites excluding steroid dienone is 1. The highest BCUT2D eigenvalue weighted by Crippen LogP contribution is 1.97. The van der Waals surface area contributed by atoms with Crippen LogP contribution in [0.15, 0.2) is 17.1 Å². The predicted molar refractivity (Wildman–Crippen MR) is 29.7 cm³/mol. The number of nitrogens with one attached hydrogen (secondary N) is 1. The fourth-order valence-electron chi connectivity index (χ4n) is 0.430. The van der Waals surface area contributed by atoms with Crippen molar-refractivity contribution in [3.63, 3.8) is 0 Å². The second-order valence-corrected chi connectivity index (χ2v) is 1.37. The van der Waals surface area contributed by atoms with Crippen molar-refractivity contribution >= 4 is 6.21 Å². The Morgan fingerprint density at radius 3 is 3.11 bits per heavy atom. The van der Waals surface area contributed by atoms with Crippen molar-refractivity contribution in [3.05, 3.63) is 12.0 Å². The first-order valence-electron chi connectivity index (χ1n) is 2.34. The van der Waals surface area contributed by atoms with E-state index in [-0.39, 0.29) is 5.34 Å². The van der Waals surface area contributed by atoms with E-state index in [1.165, 1.54) is 19.4 Å². The van der Waals surface area contributed by atoms with E-state index in [1.807, 2.05) is 0 Å². The second-order valence-electron chi connectivity index (χ2n) is 1.37. The maximum absolute atomic E-state index is 12.0. The molecule has 0 aliphatic carbocycles. The Kier molecular flexibility index (Phi) is 1.53. The van der Waals surface area contributed by atoms with Gasteiger partial charge in [0, 0.05) is 6.08 Å². The number of halogens is 1. The summed E-state index contributed by atoms with van der Waals surface area (Å²) in [6.45, 7) is 0. The van der Waals surface area contributed by atoms with Crippen LogP contribution in [0.3, 0.4) is 0 Å². The standard InChI is InChI=1S/C4H6FN3O/c1-9-4-2-3-6-8(5)7-4/h2-3,7H,1H3. The van der Waals surface area contributed by atoms with Gasteiger partial charge in [-0.2, -0.15) is 0 Å². The van der Waals surface area contributed by atoms with E-state index in [2.05, 4.69) is 15.3 Å². The van der Waals surface area contributed by atoms with E-state index < -0.39 is 0 Å². The van der Waals surface area contributed by atoms with Crippen LogP contribution >= 0.6 is 0 Å². The Balaban J connectivity index is 2.55. The predicted octanol–water partition coefficient (Wildman–Crippen LogP) is 0.165. The summed E-state index contributed by atoms with van der Waals surface area (Å²) in [4.78, 5) is 0. The molecule has 0 aromatic heterocycles. The number of nitrogens with zero attached hydrogens (tertiary/aromatic N) is 2. The molecule has 0 spiro atoms. The van der Waals surface area contributed by atoms with Crippen molar-refractivity contribution in [2.24, 2.45) is 5.10 Å². The molecule has 0 aromatic carbocycles. The third-order valence-electron chi connectivity index (χ3n) is 0.816. The van der Waals surface area contributed by atoms with Gasteiger partial charge in [0.15, 0.2) is 0 Å². The van der Waals surface area contributed by atoms with E-state index >= 15 is 0 Å². The molecule has 1 heterocycles. The van der Waals surface area contributed by atoms with Gasteiger partial charge in [-0.05, 0) is 5.34 Å². The molecule has 0 saturated heterocycles. The van der Waals surface area contributed by atoms with Crippen LogP contribution in [0.25, 0.3) is 0 Å². The molecule has 5 heteroatoms. The van der Waals surface area contributed by atoms with Crippen LogP contribution in [0.4, 0.5) is 4.48 Å². The summed E-state index contributed by atoms with van der Waals surface area (Å²) in [6.07, 6.45) is 2.80. The average Bonchev–Trinajstić information content (AvgIpc) is 1.88. The molecule has 0 unspecified atom stereocenters. The molecule has 0 atom stereocenters. The largest absolute Gasteiger partial charge is 0.481 e. The first-order chi connectivity index (χ1) is 4.33. The van der Waals surface area contributed by atoms with Gasteiger partial charge in [-0.15, -0.1) is 5.10 Å². The Morgan fingerprint density at radius 1 is 1.89 bits per heavy atom. The lowest BCUT2D eigenvalue weighted by molar-refractivity contribution is -0.0381. The molecule has 1 aliphatic heterocycles. The first kappa shape index (κ1) is 5.87. The Bertz CT molecular complexity index is 156. The minimum absolute atomic E-state index is 0.0683. The van der Waals surface area contributed by atoms with Crippen molar-refractivity contribution in [1.29, 1.82) is 0 Å². The Labute approximate surface area is 51.5 Å². The van der Waals surface area contributed by atoms with Gasteiger partial charge in [-0.1, -0.05) is 4.48 Å². The molecule has 4 nitrogen and oxygen atoms in total. The minimum Gasteiger partial charge on any atom is -0.481 e. The van der Waals surface area contributed by atoms with Crippen LogP contribution in [0.2, 0.25) is 0 Å². The molecule has 0 bridgehead atoms. The zero-order chi connectivity index (χ0) is 6.69. The zero-order valence-corrected chi connectivity index (χ0v) is 4.84. The maximum Gasteiger partial charge on any atom is 0.210 e. The highest BCUT2D eigenvalue weighted by molar-refractivity contribution is 5.71. The summed E-state index contributed by atoms with van der Waals surface area (Å²) in [5, 5.41) is 3.27. The van der Waals surface area contributed by atoms with Gasteiger partial charge in [0.1, 0.15) is 0 Å². The molecule has 0 amide bonds. The second kappa shape index (κ2) is 2.34. The third kappa shape index (κ3) is 1.31. The molecule has 1 aliphatic rings. The van der Waals surface area contributed by atoms with Crippen molar-refractivity contribution in [1.82, 2.24) is 10.8 Å². The molecule has 9 heavy (non-hydrogen) atoms. The quantitative estimate of drug-likeness (QED) is 0.515. The van der Waals surface area contributed by atoms with Crippen LogP contribution in [0.1, 0.15) is 0 Å². The maximum atomic E-state index is 12.0. The average molecular weight is 131 g/mol. The van der Waals surface area contributed by atoms with E-state index in [0.29, 0.717) is 5.88 Å². The fourth-order valence-corrected chi connectivity index (χ4v) is 0.430. The normalized spacial score (nSPS) is 16.7. The number of methoxy groups -OCH3 is 1. The SMILES string of the molecule is COC1=CC=NN(F)N1. The van der Waals surface area contributed by atoms with Crippen LogP contribution in [-0.4, -0.2) is 18.7 Å². The van der Waals surface area contributed by atoms with E-state index in [1.54, 1.807) is 0 Å².